The molecule has 3 amide bonds. The van der Waals surface area contributed by atoms with E-state index in [1.165, 1.54) is 4.90 Å². The molecule has 1 N–H and O–H groups in total. The Morgan fingerprint density at radius 3 is 2.43 bits per heavy atom. The van der Waals surface area contributed by atoms with Crippen LogP contribution in [0.15, 0.2) is 67.3 Å². The lowest BCUT2D eigenvalue weighted by Crippen LogP contribution is -2.54. The monoisotopic (exact) mass is 401 g/mol. The van der Waals surface area contributed by atoms with Crippen molar-refractivity contribution in [2.75, 3.05) is 11.4 Å². The van der Waals surface area contributed by atoms with Gasteiger partial charge in [0.1, 0.15) is 5.54 Å². The summed E-state index contributed by atoms with van der Waals surface area (Å²) < 4.78 is 0. The van der Waals surface area contributed by atoms with Crippen molar-refractivity contribution < 1.29 is 14.4 Å². The number of para-hydroxylation sites is 1. The average molecular weight is 401 g/mol. The zero-order valence-corrected chi connectivity index (χ0v) is 16.7. The van der Waals surface area contributed by atoms with E-state index in [1.807, 2.05) is 61.5 Å². The van der Waals surface area contributed by atoms with Gasteiger partial charge in [0.2, 0.25) is 11.8 Å². The second kappa shape index (κ2) is 6.64. The molecule has 0 radical (unpaired) electrons. The van der Waals surface area contributed by atoms with Crippen LogP contribution < -0.4 is 10.2 Å². The van der Waals surface area contributed by atoms with Crippen LogP contribution in [0.3, 0.4) is 0 Å². The van der Waals surface area contributed by atoms with E-state index >= 15 is 0 Å². The van der Waals surface area contributed by atoms with Crippen molar-refractivity contribution in [3.05, 3.63) is 78.4 Å². The van der Waals surface area contributed by atoms with Gasteiger partial charge < -0.3 is 4.90 Å². The summed E-state index contributed by atoms with van der Waals surface area (Å²) in [4.78, 5) is 43.6. The predicted molar refractivity (Wildman–Crippen MR) is 112 cm³/mol. The smallest absolute Gasteiger partial charge is 0.253 e. The van der Waals surface area contributed by atoms with Crippen LogP contribution in [0.1, 0.15) is 18.1 Å². The SMILES string of the molecule is C=CCN1C(=O)[C@]2(N[C@H](C)[C@@H]3C(=O)N(Cc4ccccc4)C(=O)[C@H]32)c2ccccc21. The van der Waals surface area contributed by atoms with E-state index in [-0.39, 0.29) is 30.3 Å². The summed E-state index contributed by atoms with van der Waals surface area (Å²) in [5, 5.41) is 3.38. The van der Waals surface area contributed by atoms with Gasteiger partial charge in [-0.2, -0.15) is 0 Å². The zero-order valence-electron chi connectivity index (χ0n) is 16.7. The van der Waals surface area contributed by atoms with Crippen molar-refractivity contribution >= 4 is 23.4 Å². The van der Waals surface area contributed by atoms with Gasteiger partial charge in [0.25, 0.3) is 5.91 Å². The Kier molecular flexibility index (Phi) is 4.15. The van der Waals surface area contributed by atoms with E-state index < -0.39 is 17.4 Å². The standard InChI is InChI=1S/C24H23N3O3/c1-3-13-26-18-12-8-7-11-17(18)24(23(26)30)20-19(15(2)25-24)21(28)27(22(20)29)14-16-9-5-4-6-10-16/h3-12,15,19-20,25H,1,13-14H2,2H3/t15-,19+,20+,24+/m1/s1. The number of amides is 3. The molecule has 152 valence electrons. The van der Waals surface area contributed by atoms with E-state index in [4.69, 9.17) is 0 Å². The van der Waals surface area contributed by atoms with Crippen molar-refractivity contribution in [1.29, 1.82) is 0 Å². The van der Waals surface area contributed by atoms with Crippen LogP contribution in [0.2, 0.25) is 0 Å². The maximum Gasteiger partial charge on any atom is 0.253 e. The van der Waals surface area contributed by atoms with Crippen molar-refractivity contribution in [2.45, 2.75) is 25.0 Å². The lowest BCUT2D eigenvalue weighted by molar-refractivity contribution is -0.143. The third kappa shape index (κ3) is 2.31. The molecule has 5 rings (SSSR count). The maximum absolute atomic E-state index is 13.7. The highest BCUT2D eigenvalue weighted by Gasteiger charge is 2.70. The number of benzene rings is 2. The van der Waals surface area contributed by atoms with Gasteiger partial charge >= 0.3 is 0 Å². The van der Waals surface area contributed by atoms with Crippen molar-refractivity contribution in [2.24, 2.45) is 11.8 Å². The molecule has 0 saturated carbocycles. The molecule has 0 unspecified atom stereocenters. The molecule has 6 nitrogen and oxygen atoms in total. The fraction of sp³-hybridized carbons (Fsp3) is 0.292. The molecule has 0 aliphatic carbocycles. The first kappa shape index (κ1) is 18.8. The molecule has 2 aromatic carbocycles. The molecule has 2 aromatic rings. The van der Waals surface area contributed by atoms with E-state index in [1.54, 1.807) is 11.0 Å². The summed E-state index contributed by atoms with van der Waals surface area (Å²) in [5.74, 6) is -2.01. The first-order valence-electron chi connectivity index (χ1n) is 10.2. The molecule has 2 fully saturated rings. The van der Waals surface area contributed by atoms with Gasteiger partial charge in [0.05, 0.1) is 18.4 Å². The number of hydrogen-bond acceptors (Lipinski definition) is 4. The average Bonchev–Trinajstić information content (AvgIpc) is 3.29. The number of likely N-dealkylation sites (tertiary alicyclic amines) is 1. The van der Waals surface area contributed by atoms with Crippen LogP contribution in [-0.4, -0.2) is 35.2 Å². The molecule has 30 heavy (non-hydrogen) atoms. The second-order valence-corrected chi connectivity index (χ2v) is 8.21. The predicted octanol–water partition coefficient (Wildman–Crippen LogP) is 2.21. The number of nitrogens with one attached hydrogen (secondary N) is 1. The van der Waals surface area contributed by atoms with Crippen LogP contribution in [0.4, 0.5) is 5.69 Å². The topological polar surface area (TPSA) is 69.7 Å². The lowest BCUT2D eigenvalue weighted by atomic mass is 9.76. The number of carbonyl (C=O) groups excluding carboxylic acids is 3. The maximum atomic E-state index is 13.7. The Morgan fingerprint density at radius 2 is 1.70 bits per heavy atom. The molecular weight excluding hydrogens is 378 g/mol. The van der Waals surface area contributed by atoms with Gasteiger partial charge in [0, 0.05) is 23.8 Å². The summed E-state index contributed by atoms with van der Waals surface area (Å²) in [6.45, 7) is 6.23. The fourth-order valence-corrected chi connectivity index (χ4v) is 5.40. The summed E-state index contributed by atoms with van der Waals surface area (Å²) in [6.07, 6.45) is 1.67. The van der Waals surface area contributed by atoms with Crippen LogP contribution >= 0.6 is 0 Å². The molecule has 4 atom stereocenters. The molecule has 3 aliphatic heterocycles. The van der Waals surface area contributed by atoms with Gasteiger partial charge in [-0.25, -0.2) is 0 Å². The van der Waals surface area contributed by atoms with Crippen molar-refractivity contribution in [3.8, 4) is 0 Å². The third-order valence-electron chi connectivity index (χ3n) is 6.60. The van der Waals surface area contributed by atoms with Crippen molar-refractivity contribution in [3.63, 3.8) is 0 Å². The Balaban J connectivity index is 1.60. The number of carbonyl (C=O) groups is 3. The molecule has 2 saturated heterocycles. The zero-order chi connectivity index (χ0) is 21.0. The van der Waals surface area contributed by atoms with Gasteiger partial charge in [-0.05, 0) is 18.6 Å². The first-order chi connectivity index (χ1) is 14.5. The number of anilines is 1. The number of fused-ring (bicyclic) bond motifs is 4. The van der Waals surface area contributed by atoms with Crippen molar-refractivity contribution in [1.82, 2.24) is 10.2 Å². The van der Waals surface area contributed by atoms with Gasteiger partial charge in [-0.15, -0.1) is 6.58 Å². The summed E-state index contributed by atoms with van der Waals surface area (Å²) >= 11 is 0. The van der Waals surface area contributed by atoms with Crippen LogP contribution in [0.25, 0.3) is 0 Å². The summed E-state index contributed by atoms with van der Waals surface area (Å²) in [6, 6.07) is 16.7. The Hall–Kier alpha value is -3.25. The van der Waals surface area contributed by atoms with Gasteiger partial charge in [0.15, 0.2) is 0 Å². The van der Waals surface area contributed by atoms with Crippen LogP contribution in [0, 0.1) is 11.8 Å². The quantitative estimate of drug-likeness (QED) is 0.630. The summed E-state index contributed by atoms with van der Waals surface area (Å²) in [5.41, 5.74) is 1.20. The minimum absolute atomic E-state index is 0.189. The fourth-order valence-electron chi connectivity index (χ4n) is 5.40. The van der Waals surface area contributed by atoms with Gasteiger partial charge in [-0.3, -0.25) is 24.6 Å². The highest BCUT2D eigenvalue weighted by molar-refractivity contribution is 6.16. The Bertz CT molecular complexity index is 1070. The molecule has 0 bridgehead atoms. The van der Waals surface area contributed by atoms with E-state index in [0.717, 1.165) is 16.8 Å². The number of imide groups is 1. The molecule has 0 aromatic heterocycles. The molecular formula is C24H23N3O3. The molecule has 1 spiro atoms. The number of hydrogen-bond donors (Lipinski definition) is 1. The molecule has 3 heterocycles. The summed E-state index contributed by atoms with van der Waals surface area (Å²) in [7, 11) is 0. The molecule has 3 aliphatic rings. The van der Waals surface area contributed by atoms with E-state index in [2.05, 4.69) is 11.9 Å². The minimum atomic E-state index is -1.22. The second-order valence-electron chi connectivity index (χ2n) is 8.21. The lowest BCUT2D eigenvalue weighted by Gasteiger charge is -2.30. The highest BCUT2D eigenvalue weighted by Crippen LogP contribution is 2.54. The normalized spacial score (nSPS) is 29.6. The van der Waals surface area contributed by atoms with E-state index in [0.29, 0.717) is 6.54 Å². The number of nitrogens with zero attached hydrogens (tertiary/aromatic N) is 2. The first-order valence-corrected chi connectivity index (χ1v) is 10.2. The Labute approximate surface area is 175 Å². The largest absolute Gasteiger partial charge is 0.306 e. The van der Waals surface area contributed by atoms with Crippen LogP contribution in [0.5, 0.6) is 0 Å². The van der Waals surface area contributed by atoms with E-state index in [9.17, 15) is 14.4 Å². The third-order valence-corrected chi connectivity index (χ3v) is 6.60. The minimum Gasteiger partial charge on any atom is -0.306 e. The number of rotatable bonds is 4. The van der Waals surface area contributed by atoms with Gasteiger partial charge in [-0.1, -0.05) is 54.6 Å². The molecule has 6 heteroatoms. The Morgan fingerprint density at radius 1 is 1.00 bits per heavy atom. The highest BCUT2D eigenvalue weighted by atomic mass is 16.2. The van der Waals surface area contributed by atoms with Crippen LogP contribution in [-0.2, 0) is 26.5 Å².